The summed E-state index contributed by atoms with van der Waals surface area (Å²) in [5, 5.41) is 2.96. The van der Waals surface area contributed by atoms with Crippen molar-refractivity contribution < 1.29 is 13.2 Å². The molecule has 1 amide bonds. The molecule has 1 N–H and O–H groups in total. The van der Waals surface area contributed by atoms with E-state index in [1.54, 1.807) is 0 Å². The number of sulfonamides is 1. The van der Waals surface area contributed by atoms with Gasteiger partial charge in [0.2, 0.25) is 10.0 Å². The minimum atomic E-state index is -3.71. The predicted octanol–water partition coefficient (Wildman–Crippen LogP) is 4.38. The number of hydrogen-bond donors (Lipinski definition) is 1. The van der Waals surface area contributed by atoms with Crippen molar-refractivity contribution in [1.29, 1.82) is 0 Å². The number of halogens is 1. The molecule has 1 aliphatic heterocycles. The Morgan fingerprint density at radius 3 is 2.26 bits per heavy atom. The van der Waals surface area contributed by atoms with Crippen molar-refractivity contribution in [2.45, 2.75) is 38.0 Å². The molecule has 1 saturated heterocycles. The van der Waals surface area contributed by atoms with E-state index in [1.807, 2.05) is 32.0 Å². The molecule has 0 aromatic heterocycles. The summed E-state index contributed by atoms with van der Waals surface area (Å²) in [7, 11) is -3.71. The van der Waals surface area contributed by atoms with E-state index in [4.69, 9.17) is 11.6 Å². The Kier molecular flexibility index (Phi) is 5.89. The summed E-state index contributed by atoms with van der Waals surface area (Å²) in [5.41, 5.74) is 3.01. The molecule has 0 saturated carbocycles. The lowest BCUT2D eigenvalue weighted by Gasteiger charge is -2.26. The Morgan fingerprint density at radius 2 is 1.63 bits per heavy atom. The van der Waals surface area contributed by atoms with Gasteiger partial charge >= 0.3 is 0 Å². The van der Waals surface area contributed by atoms with Crippen LogP contribution < -0.4 is 5.32 Å². The minimum absolute atomic E-state index is 0.0147. The van der Waals surface area contributed by atoms with E-state index in [2.05, 4.69) is 5.32 Å². The van der Waals surface area contributed by atoms with Crippen molar-refractivity contribution in [3.8, 4) is 0 Å². The summed E-state index contributed by atoms with van der Waals surface area (Å²) in [6.45, 7) is 4.87. The van der Waals surface area contributed by atoms with Gasteiger partial charge < -0.3 is 5.32 Å². The van der Waals surface area contributed by atoms with Crippen molar-refractivity contribution in [2.24, 2.45) is 0 Å². The molecule has 144 valence electrons. The average Bonchev–Trinajstić information content (AvgIpc) is 2.61. The van der Waals surface area contributed by atoms with Gasteiger partial charge in [0.25, 0.3) is 5.91 Å². The van der Waals surface area contributed by atoms with E-state index < -0.39 is 10.0 Å². The number of aryl methyl sites for hydroxylation is 2. The smallest absolute Gasteiger partial charge is 0.255 e. The zero-order valence-corrected chi connectivity index (χ0v) is 17.0. The number of nitrogens with zero attached hydrogens (tertiary/aromatic N) is 1. The van der Waals surface area contributed by atoms with Crippen LogP contribution in [0.1, 0.15) is 40.7 Å². The second kappa shape index (κ2) is 8.00. The first-order valence-corrected chi connectivity index (χ1v) is 10.8. The van der Waals surface area contributed by atoms with E-state index >= 15 is 0 Å². The van der Waals surface area contributed by atoms with Gasteiger partial charge in [0.1, 0.15) is 4.90 Å². The summed E-state index contributed by atoms with van der Waals surface area (Å²) in [4.78, 5) is 12.6. The zero-order chi connectivity index (χ0) is 19.6. The zero-order valence-electron chi connectivity index (χ0n) is 15.5. The molecule has 0 aliphatic carbocycles. The molecule has 3 rings (SSSR count). The first-order valence-electron chi connectivity index (χ1n) is 8.97. The highest BCUT2D eigenvalue weighted by Gasteiger charge is 2.28. The number of amides is 1. The van der Waals surface area contributed by atoms with Gasteiger partial charge in [0.15, 0.2) is 0 Å². The Labute approximate surface area is 165 Å². The fourth-order valence-corrected chi connectivity index (χ4v) is 5.35. The average molecular weight is 407 g/mol. The molecule has 0 atom stereocenters. The van der Waals surface area contributed by atoms with Crippen LogP contribution in [0, 0.1) is 13.8 Å². The van der Waals surface area contributed by atoms with Crippen molar-refractivity contribution >= 4 is 33.2 Å². The van der Waals surface area contributed by atoms with Crippen molar-refractivity contribution in [1.82, 2.24) is 4.31 Å². The number of carbonyl (C=O) groups excluding carboxylic acids is 1. The molecule has 27 heavy (non-hydrogen) atoms. The number of rotatable bonds is 4. The second-order valence-electron chi connectivity index (χ2n) is 6.94. The van der Waals surface area contributed by atoms with E-state index in [-0.39, 0.29) is 21.4 Å². The van der Waals surface area contributed by atoms with E-state index in [0.29, 0.717) is 18.8 Å². The maximum absolute atomic E-state index is 12.9. The maximum atomic E-state index is 12.9. The van der Waals surface area contributed by atoms with Gasteiger partial charge in [0.05, 0.1) is 5.02 Å². The van der Waals surface area contributed by atoms with Crippen LogP contribution in [0.5, 0.6) is 0 Å². The van der Waals surface area contributed by atoms with Crippen LogP contribution in [-0.4, -0.2) is 31.7 Å². The van der Waals surface area contributed by atoms with Crippen LogP contribution in [0.2, 0.25) is 5.02 Å². The van der Waals surface area contributed by atoms with Crippen molar-refractivity contribution in [3.05, 3.63) is 58.1 Å². The van der Waals surface area contributed by atoms with Crippen molar-refractivity contribution in [3.63, 3.8) is 0 Å². The molecular weight excluding hydrogens is 384 g/mol. The number of benzene rings is 2. The molecule has 5 nitrogen and oxygen atoms in total. The second-order valence-corrected chi connectivity index (χ2v) is 9.25. The summed E-state index contributed by atoms with van der Waals surface area (Å²) in [6, 6.07) is 10.1. The van der Waals surface area contributed by atoms with Crippen molar-refractivity contribution in [2.75, 3.05) is 18.4 Å². The van der Waals surface area contributed by atoms with Gasteiger partial charge in [-0.05, 0) is 68.1 Å². The normalized spacial score (nSPS) is 15.5. The quantitative estimate of drug-likeness (QED) is 0.819. The van der Waals surface area contributed by atoms with Gasteiger partial charge in [0, 0.05) is 24.3 Å². The van der Waals surface area contributed by atoms with E-state index in [9.17, 15) is 13.2 Å². The van der Waals surface area contributed by atoms with Gasteiger partial charge in [-0.1, -0.05) is 24.1 Å². The lowest BCUT2D eigenvalue weighted by Crippen LogP contribution is -2.35. The third-order valence-corrected chi connectivity index (χ3v) is 6.99. The Balaban J connectivity index is 1.89. The molecule has 7 heteroatoms. The molecule has 0 spiro atoms. The fourth-order valence-electron chi connectivity index (χ4n) is 3.34. The minimum Gasteiger partial charge on any atom is -0.322 e. The molecule has 2 aromatic carbocycles. The number of nitrogens with one attached hydrogen (secondary N) is 1. The summed E-state index contributed by atoms with van der Waals surface area (Å²) < 4.78 is 27.3. The van der Waals surface area contributed by atoms with Gasteiger partial charge in [-0.25, -0.2) is 8.42 Å². The first kappa shape index (κ1) is 19.9. The third kappa shape index (κ3) is 4.51. The van der Waals surface area contributed by atoms with Crippen LogP contribution in [0.4, 0.5) is 5.69 Å². The number of piperidine rings is 1. The lowest BCUT2D eigenvalue weighted by atomic mass is 10.1. The Hall–Kier alpha value is -1.89. The monoisotopic (exact) mass is 406 g/mol. The van der Waals surface area contributed by atoms with E-state index in [1.165, 1.54) is 22.5 Å². The van der Waals surface area contributed by atoms with E-state index in [0.717, 1.165) is 30.4 Å². The predicted molar refractivity (Wildman–Crippen MR) is 108 cm³/mol. The SMILES string of the molecule is Cc1cc(C)cc(NC(=O)c2ccc(Cl)c(S(=O)(=O)N3CCCCC3)c2)c1. The Bertz CT molecular complexity index is 947. The molecule has 1 heterocycles. The molecule has 1 aliphatic rings. The van der Waals surface area contributed by atoms with Crippen LogP contribution in [0.15, 0.2) is 41.3 Å². The largest absolute Gasteiger partial charge is 0.322 e. The maximum Gasteiger partial charge on any atom is 0.255 e. The molecular formula is C20H23ClN2O3S. The molecule has 0 radical (unpaired) electrons. The van der Waals surface area contributed by atoms with Crippen LogP contribution in [-0.2, 0) is 10.0 Å². The summed E-state index contributed by atoms with van der Waals surface area (Å²) >= 11 is 6.17. The molecule has 1 fully saturated rings. The number of anilines is 1. The van der Waals surface area contributed by atoms with Gasteiger partial charge in [-0.15, -0.1) is 0 Å². The highest BCUT2D eigenvalue weighted by Crippen LogP contribution is 2.28. The first-order chi connectivity index (χ1) is 12.8. The highest BCUT2D eigenvalue weighted by molar-refractivity contribution is 7.89. The van der Waals surface area contributed by atoms with Gasteiger partial charge in [-0.3, -0.25) is 4.79 Å². The standard InChI is InChI=1S/C20H23ClN2O3S/c1-14-10-15(2)12-17(11-14)22-20(24)16-6-7-18(21)19(13-16)27(25,26)23-8-4-3-5-9-23/h6-7,10-13H,3-5,8-9H2,1-2H3,(H,22,24). The molecule has 0 bridgehead atoms. The molecule has 2 aromatic rings. The Morgan fingerprint density at radius 1 is 1.00 bits per heavy atom. The van der Waals surface area contributed by atoms with Crippen LogP contribution >= 0.6 is 11.6 Å². The van der Waals surface area contributed by atoms with Crippen LogP contribution in [0.3, 0.4) is 0 Å². The van der Waals surface area contributed by atoms with Gasteiger partial charge in [-0.2, -0.15) is 4.31 Å². The van der Waals surface area contributed by atoms with Crippen LogP contribution in [0.25, 0.3) is 0 Å². The third-order valence-electron chi connectivity index (χ3n) is 4.61. The summed E-state index contributed by atoms with van der Waals surface area (Å²) in [5.74, 6) is -0.369. The summed E-state index contributed by atoms with van der Waals surface area (Å²) in [6.07, 6.45) is 2.70. The topological polar surface area (TPSA) is 66.5 Å². The number of carbonyl (C=O) groups is 1. The lowest BCUT2D eigenvalue weighted by molar-refractivity contribution is 0.102. The molecule has 0 unspecified atom stereocenters. The highest BCUT2D eigenvalue weighted by atomic mass is 35.5. The number of hydrogen-bond acceptors (Lipinski definition) is 3. The fraction of sp³-hybridized carbons (Fsp3) is 0.350.